The molecule has 0 spiro atoms. The van der Waals surface area contributed by atoms with Crippen molar-refractivity contribution in [3.05, 3.63) is 0 Å². The minimum Gasteiger partial charge on any atom is -0.463 e. The van der Waals surface area contributed by atoms with Crippen molar-refractivity contribution < 1.29 is 62.9 Å². The van der Waals surface area contributed by atoms with Crippen molar-refractivity contribution in [2.75, 3.05) is 19.8 Å². The molecule has 1 rings (SSSR count). The van der Waals surface area contributed by atoms with E-state index in [-0.39, 0.29) is 12.8 Å². The number of unbranched alkanes of at least 4 members (excludes halogenated alkanes) is 8. The summed E-state index contributed by atoms with van der Waals surface area (Å²) in [5.41, 5.74) is 0. The van der Waals surface area contributed by atoms with Crippen molar-refractivity contribution in [1.29, 1.82) is 0 Å². The molecule has 1 aliphatic rings. The van der Waals surface area contributed by atoms with Gasteiger partial charge in [0.25, 0.3) is 0 Å². The van der Waals surface area contributed by atoms with Crippen LogP contribution >= 0.6 is 0 Å². The van der Waals surface area contributed by atoms with Gasteiger partial charge in [0.15, 0.2) is 24.6 Å². The second-order valence-corrected chi connectivity index (χ2v) is 10.8. The van der Waals surface area contributed by atoms with Crippen molar-refractivity contribution in [2.24, 2.45) is 0 Å². The summed E-state index contributed by atoms with van der Waals surface area (Å²) in [6.07, 6.45) is -1.01. The number of rotatable bonds is 22. The molecule has 13 nitrogen and oxygen atoms in total. The van der Waals surface area contributed by atoms with Crippen LogP contribution in [-0.4, -0.2) is 102 Å². The molecule has 0 saturated carbocycles. The number of hydrogen-bond donors (Lipinski definition) is 3. The lowest BCUT2D eigenvalue weighted by atomic mass is 9.97. The number of aliphatic hydroxyl groups excluding tert-OH is 3. The summed E-state index contributed by atoms with van der Waals surface area (Å²) in [4.78, 5) is 49.6. The third-order valence-electron chi connectivity index (χ3n) is 6.91. The Bertz CT molecular complexity index is 820. The Hall–Kier alpha value is -2.32. The standard InChI is InChI=1S/C30H52O13/c1-5-7-9-11-13-15-25(36)42-28-27(40-21(4)33)24(19-38-20(3)32)41-30(39-18-23(35)22(34)17-31)29(28)43-26(37)16-14-12-10-8-6-2/h22-24,27-31,34-35H,5-19H2,1-4H3/t22?,23?,24-,27-,28+,29+,30?/m1/s1. The van der Waals surface area contributed by atoms with Crippen LogP contribution in [0.15, 0.2) is 0 Å². The second kappa shape index (κ2) is 22.2. The van der Waals surface area contributed by atoms with E-state index in [0.29, 0.717) is 12.8 Å². The first kappa shape index (κ1) is 38.7. The first-order valence-electron chi connectivity index (χ1n) is 15.5. The van der Waals surface area contributed by atoms with Gasteiger partial charge in [-0.1, -0.05) is 65.2 Å². The van der Waals surface area contributed by atoms with E-state index in [4.69, 9.17) is 28.4 Å². The minimum atomic E-state index is -1.54. The molecule has 1 saturated heterocycles. The van der Waals surface area contributed by atoms with E-state index in [1.165, 1.54) is 6.92 Å². The van der Waals surface area contributed by atoms with Crippen LogP contribution in [0.25, 0.3) is 0 Å². The molecule has 0 aliphatic carbocycles. The van der Waals surface area contributed by atoms with Crippen LogP contribution < -0.4 is 0 Å². The van der Waals surface area contributed by atoms with Gasteiger partial charge in [0.05, 0.1) is 13.2 Å². The van der Waals surface area contributed by atoms with Crippen molar-refractivity contribution in [2.45, 2.75) is 148 Å². The molecule has 0 aromatic heterocycles. The van der Waals surface area contributed by atoms with Crippen LogP contribution in [0.1, 0.15) is 105 Å². The fourth-order valence-electron chi connectivity index (χ4n) is 4.53. The van der Waals surface area contributed by atoms with Crippen LogP contribution in [-0.2, 0) is 47.6 Å². The summed E-state index contributed by atoms with van der Waals surface area (Å²) in [7, 11) is 0. The smallest absolute Gasteiger partial charge is 0.306 e. The highest BCUT2D eigenvalue weighted by molar-refractivity contribution is 5.71. The fraction of sp³-hybridized carbons (Fsp3) is 0.867. The highest BCUT2D eigenvalue weighted by atomic mass is 16.7. The summed E-state index contributed by atoms with van der Waals surface area (Å²) >= 11 is 0. The van der Waals surface area contributed by atoms with Gasteiger partial charge < -0.3 is 43.7 Å². The summed E-state index contributed by atoms with van der Waals surface area (Å²) in [5.74, 6) is -2.65. The van der Waals surface area contributed by atoms with Gasteiger partial charge >= 0.3 is 23.9 Å². The lowest BCUT2D eigenvalue weighted by Gasteiger charge is -2.44. The molecule has 3 unspecified atom stereocenters. The van der Waals surface area contributed by atoms with Crippen LogP contribution in [0.3, 0.4) is 0 Å². The largest absolute Gasteiger partial charge is 0.463 e. The number of carbonyl (C=O) groups excluding carboxylic acids is 4. The van der Waals surface area contributed by atoms with Crippen molar-refractivity contribution in [3.8, 4) is 0 Å². The predicted octanol–water partition coefficient (Wildman–Crippen LogP) is 2.48. The molecule has 0 aromatic rings. The van der Waals surface area contributed by atoms with Gasteiger partial charge in [-0.25, -0.2) is 0 Å². The molecule has 0 radical (unpaired) electrons. The number of aliphatic hydroxyl groups is 3. The topological polar surface area (TPSA) is 184 Å². The molecule has 250 valence electrons. The normalized spacial score (nSPS) is 23.2. The number of esters is 4. The Morgan fingerprint density at radius 3 is 1.72 bits per heavy atom. The Balaban J connectivity index is 3.30. The molecular formula is C30H52O13. The van der Waals surface area contributed by atoms with E-state index < -0.39 is 86.6 Å². The highest BCUT2D eigenvalue weighted by Crippen LogP contribution is 2.31. The zero-order valence-corrected chi connectivity index (χ0v) is 26.1. The predicted molar refractivity (Wildman–Crippen MR) is 152 cm³/mol. The Morgan fingerprint density at radius 2 is 1.23 bits per heavy atom. The van der Waals surface area contributed by atoms with Crippen LogP contribution in [0.5, 0.6) is 0 Å². The van der Waals surface area contributed by atoms with Crippen molar-refractivity contribution in [1.82, 2.24) is 0 Å². The molecule has 13 heteroatoms. The lowest BCUT2D eigenvalue weighted by molar-refractivity contribution is -0.312. The molecular weight excluding hydrogens is 568 g/mol. The molecule has 43 heavy (non-hydrogen) atoms. The molecule has 7 atom stereocenters. The molecule has 3 N–H and O–H groups in total. The molecule has 1 heterocycles. The van der Waals surface area contributed by atoms with Gasteiger partial charge in [0.2, 0.25) is 0 Å². The van der Waals surface area contributed by atoms with Crippen LogP contribution in [0, 0.1) is 0 Å². The zero-order valence-electron chi connectivity index (χ0n) is 26.1. The highest BCUT2D eigenvalue weighted by Gasteiger charge is 2.53. The van der Waals surface area contributed by atoms with Gasteiger partial charge in [-0.3, -0.25) is 19.2 Å². The minimum absolute atomic E-state index is 0.0615. The van der Waals surface area contributed by atoms with Crippen LogP contribution in [0.2, 0.25) is 0 Å². The van der Waals surface area contributed by atoms with Crippen molar-refractivity contribution >= 4 is 23.9 Å². The molecule has 0 bridgehead atoms. The van der Waals surface area contributed by atoms with E-state index in [1.54, 1.807) is 0 Å². The maximum Gasteiger partial charge on any atom is 0.306 e. The van der Waals surface area contributed by atoms with Gasteiger partial charge in [-0.15, -0.1) is 0 Å². The van der Waals surface area contributed by atoms with Gasteiger partial charge in [-0.2, -0.15) is 0 Å². The summed E-state index contributed by atoms with van der Waals surface area (Å²) in [6.45, 7) is 4.75. The summed E-state index contributed by atoms with van der Waals surface area (Å²) in [5, 5.41) is 29.1. The monoisotopic (exact) mass is 620 g/mol. The van der Waals surface area contributed by atoms with Crippen molar-refractivity contribution in [3.63, 3.8) is 0 Å². The average molecular weight is 621 g/mol. The van der Waals surface area contributed by atoms with E-state index in [2.05, 4.69) is 13.8 Å². The summed E-state index contributed by atoms with van der Waals surface area (Å²) < 4.78 is 33.7. The zero-order chi connectivity index (χ0) is 32.2. The lowest BCUT2D eigenvalue weighted by Crippen LogP contribution is -2.63. The third-order valence-corrected chi connectivity index (χ3v) is 6.91. The maximum atomic E-state index is 13.0. The molecule has 0 amide bonds. The molecule has 0 aromatic carbocycles. The Morgan fingerprint density at radius 1 is 0.698 bits per heavy atom. The first-order chi connectivity index (χ1) is 20.5. The Kier molecular flexibility index (Phi) is 20.0. The SMILES string of the molecule is CCCCCCCC(=O)O[C@H]1[C@H](OC(C)=O)[C@@H](COC(C)=O)OC(OCC(O)C(O)CO)[C@H]1OC(=O)CCCCCCC. The van der Waals surface area contributed by atoms with E-state index in [9.17, 15) is 34.5 Å². The second-order valence-electron chi connectivity index (χ2n) is 10.8. The third kappa shape index (κ3) is 15.8. The Labute approximate surface area is 254 Å². The number of ether oxygens (including phenoxy) is 6. The van der Waals surface area contributed by atoms with Gasteiger partial charge in [0.1, 0.15) is 24.9 Å². The van der Waals surface area contributed by atoms with Gasteiger partial charge in [0, 0.05) is 26.7 Å². The first-order valence-corrected chi connectivity index (χ1v) is 15.5. The molecule has 1 fully saturated rings. The average Bonchev–Trinajstić information content (AvgIpc) is 2.96. The summed E-state index contributed by atoms with van der Waals surface area (Å²) in [6, 6.07) is 0. The van der Waals surface area contributed by atoms with E-state index in [1.807, 2.05) is 0 Å². The molecule has 1 aliphatic heterocycles. The van der Waals surface area contributed by atoms with E-state index in [0.717, 1.165) is 58.3 Å². The number of carbonyl (C=O) groups is 4. The quantitative estimate of drug-likeness (QED) is 0.0912. The fourth-order valence-corrected chi connectivity index (χ4v) is 4.53. The van der Waals surface area contributed by atoms with Gasteiger partial charge in [-0.05, 0) is 12.8 Å². The van der Waals surface area contributed by atoms with E-state index >= 15 is 0 Å². The maximum absolute atomic E-state index is 13.0. The number of hydrogen-bond acceptors (Lipinski definition) is 13. The van der Waals surface area contributed by atoms with Crippen LogP contribution in [0.4, 0.5) is 0 Å².